The van der Waals surface area contributed by atoms with Gasteiger partial charge in [0.05, 0.1) is 0 Å². The highest BCUT2D eigenvalue weighted by molar-refractivity contribution is 5.77. The Hall–Kier alpha value is -0.570. The molecule has 0 radical (unpaired) electrons. The largest absolute Gasteiger partial charge is 0.372 e. The van der Waals surface area contributed by atoms with E-state index in [1.54, 1.807) is 0 Å². The first-order valence-electron chi connectivity index (χ1n) is 5.51. The Labute approximate surface area is 87.2 Å². The SMILES string of the molecule is CCOCC(=O)NCCCCC(C)C. The molecule has 3 nitrogen and oxygen atoms in total. The molecule has 1 amide bonds. The molecular weight excluding hydrogens is 178 g/mol. The lowest BCUT2D eigenvalue weighted by molar-refractivity contribution is -0.125. The van der Waals surface area contributed by atoms with Crippen molar-refractivity contribution >= 4 is 5.91 Å². The average molecular weight is 201 g/mol. The molecule has 0 spiro atoms. The van der Waals surface area contributed by atoms with E-state index in [1.165, 1.54) is 12.8 Å². The second-order valence-corrected chi connectivity index (χ2v) is 3.88. The molecule has 3 heteroatoms. The summed E-state index contributed by atoms with van der Waals surface area (Å²) in [6.07, 6.45) is 3.49. The number of ether oxygens (including phenoxy) is 1. The molecule has 0 aromatic heterocycles. The van der Waals surface area contributed by atoms with Crippen LogP contribution in [-0.2, 0) is 9.53 Å². The molecule has 0 fully saturated rings. The summed E-state index contributed by atoms with van der Waals surface area (Å²) in [5.74, 6) is 0.755. The fraction of sp³-hybridized carbons (Fsp3) is 0.909. The Morgan fingerprint density at radius 1 is 1.36 bits per heavy atom. The van der Waals surface area contributed by atoms with Gasteiger partial charge in [-0.25, -0.2) is 0 Å². The summed E-state index contributed by atoms with van der Waals surface area (Å²) in [6.45, 7) is 7.89. The molecule has 0 heterocycles. The quantitative estimate of drug-likeness (QED) is 0.610. The third kappa shape index (κ3) is 9.52. The van der Waals surface area contributed by atoms with E-state index in [1.807, 2.05) is 6.92 Å². The number of amides is 1. The van der Waals surface area contributed by atoms with Crippen LogP contribution in [0.4, 0.5) is 0 Å². The van der Waals surface area contributed by atoms with E-state index in [-0.39, 0.29) is 12.5 Å². The molecule has 0 aliphatic carbocycles. The zero-order valence-corrected chi connectivity index (χ0v) is 9.64. The fourth-order valence-electron chi connectivity index (χ4n) is 1.15. The van der Waals surface area contributed by atoms with Crippen LogP contribution >= 0.6 is 0 Å². The molecule has 1 N–H and O–H groups in total. The van der Waals surface area contributed by atoms with Crippen molar-refractivity contribution in [3.63, 3.8) is 0 Å². The number of carbonyl (C=O) groups excluding carboxylic acids is 1. The summed E-state index contributed by atoms with van der Waals surface area (Å²) in [7, 11) is 0. The molecule has 0 bridgehead atoms. The third-order valence-corrected chi connectivity index (χ3v) is 1.97. The Balaban J connectivity index is 3.15. The third-order valence-electron chi connectivity index (χ3n) is 1.97. The smallest absolute Gasteiger partial charge is 0.245 e. The van der Waals surface area contributed by atoms with Crippen LogP contribution in [0.1, 0.15) is 40.0 Å². The fourth-order valence-corrected chi connectivity index (χ4v) is 1.15. The lowest BCUT2D eigenvalue weighted by atomic mass is 10.1. The van der Waals surface area contributed by atoms with Crippen molar-refractivity contribution < 1.29 is 9.53 Å². The second kappa shape index (κ2) is 9.00. The van der Waals surface area contributed by atoms with Gasteiger partial charge in [0.15, 0.2) is 0 Å². The summed E-state index contributed by atoms with van der Waals surface area (Å²) in [5.41, 5.74) is 0. The molecular formula is C11H23NO2. The first-order chi connectivity index (χ1) is 6.66. The van der Waals surface area contributed by atoms with Crippen molar-refractivity contribution in [3.8, 4) is 0 Å². The van der Waals surface area contributed by atoms with Crippen LogP contribution in [-0.4, -0.2) is 25.7 Å². The van der Waals surface area contributed by atoms with E-state index in [0.717, 1.165) is 18.9 Å². The molecule has 0 aromatic rings. The molecule has 0 aromatic carbocycles. The molecule has 0 aliphatic rings. The van der Waals surface area contributed by atoms with E-state index >= 15 is 0 Å². The van der Waals surface area contributed by atoms with E-state index < -0.39 is 0 Å². The Bertz CT molecular complexity index is 146. The molecule has 0 saturated carbocycles. The monoisotopic (exact) mass is 201 g/mol. The first-order valence-corrected chi connectivity index (χ1v) is 5.51. The van der Waals surface area contributed by atoms with Gasteiger partial charge in [0.1, 0.15) is 6.61 Å². The average Bonchev–Trinajstić information content (AvgIpc) is 2.13. The standard InChI is InChI=1S/C11H23NO2/c1-4-14-9-11(13)12-8-6-5-7-10(2)3/h10H,4-9H2,1-3H3,(H,12,13). The van der Waals surface area contributed by atoms with Crippen LogP contribution in [0, 0.1) is 5.92 Å². The summed E-state index contributed by atoms with van der Waals surface area (Å²) in [6, 6.07) is 0. The molecule has 0 atom stereocenters. The highest BCUT2D eigenvalue weighted by Crippen LogP contribution is 2.04. The zero-order valence-electron chi connectivity index (χ0n) is 9.64. The van der Waals surface area contributed by atoms with Gasteiger partial charge in [0.25, 0.3) is 0 Å². The van der Waals surface area contributed by atoms with Crippen molar-refractivity contribution in [2.45, 2.75) is 40.0 Å². The lowest BCUT2D eigenvalue weighted by Crippen LogP contribution is -2.28. The van der Waals surface area contributed by atoms with Crippen LogP contribution in [0.2, 0.25) is 0 Å². The van der Waals surface area contributed by atoms with Crippen molar-refractivity contribution in [2.24, 2.45) is 5.92 Å². The second-order valence-electron chi connectivity index (χ2n) is 3.88. The van der Waals surface area contributed by atoms with Gasteiger partial charge >= 0.3 is 0 Å². The minimum Gasteiger partial charge on any atom is -0.372 e. The number of carbonyl (C=O) groups is 1. The molecule has 14 heavy (non-hydrogen) atoms. The van der Waals surface area contributed by atoms with Gasteiger partial charge < -0.3 is 10.1 Å². The van der Waals surface area contributed by atoms with Crippen LogP contribution in [0.25, 0.3) is 0 Å². The predicted molar refractivity (Wildman–Crippen MR) is 58.2 cm³/mol. The number of rotatable bonds is 8. The van der Waals surface area contributed by atoms with Gasteiger partial charge in [0, 0.05) is 13.2 Å². The van der Waals surface area contributed by atoms with Crippen molar-refractivity contribution in [1.82, 2.24) is 5.32 Å². The van der Waals surface area contributed by atoms with Crippen LogP contribution in [0.5, 0.6) is 0 Å². The summed E-state index contributed by atoms with van der Waals surface area (Å²) in [5, 5.41) is 2.83. The van der Waals surface area contributed by atoms with E-state index in [2.05, 4.69) is 19.2 Å². The molecule has 0 saturated heterocycles. The van der Waals surface area contributed by atoms with Gasteiger partial charge in [-0.15, -0.1) is 0 Å². The summed E-state index contributed by atoms with van der Waals surface area (Å²) < 4.78 is 4.98. The minimum absolute atomic E-state index is 0.00334. The molecule has 84 valence electrons. The van der Waals surface area contributed by atoms with Gasteiger partial charge in [0.2, 0.25) is 5.91 Å². The molecule has 0 aliphatic heterocycles. The Morgan fingerprint density at radius 3 is 2.64 bits per heavy atom. The normalized spacial score (nSPS) is 10.6. The van der Waals surface area contributed by atoms with Crippen LogP contribution < -0.4 is 5.32 Å². The highest BCUT2D eigenvalue weighted by atomic mass is 16.5. The Morgan fingerprint density at radius 2 is 2.07 bits per heavy atom. The van der Waals surface area contributed by atoms with Crippen LogP contribution in [0.3, 0.4) is 0 Å². The topological polar surface area (TPSA) is 38.3 Å². The predicted octanol–water partition coefficient (Wildman–Crippen LogP) is 1.97. The Kier molecular flexibility index (Phi) is 8.64. The highest BCUT2D eigenvalue weighted by Gasteiger charge is 1.99. The summed E-state index contributed by atoms with van der Waals surface area (Å²) in [4.78, 5) is 11.1. The minimum atomic E-state index is -0.00334. The van der Waals surface area contributed by atoms with Crippen LogP contribution in [0.15, 0.2) is 0 Å². The van der Waals surface area contributed by atoms with Gasteiger partial charge in [-0.2, -0.15) is 0 Å². The van der Waals surface area contributed by atoms with Crippen molar-refractivity contribution in [2.75, 3.05) is 19.8 Å². The lowest BCUT2D eigenvalue weighted by Gasteiger charge is -2.06. The van der Waals surface area contributed by atoms with E-state index in [9.17, 15) is 4.79 Å². The maximum absolute atomic E-state index is 11.1. The van der Waals surface area contributed by atoms with E-state index in [4.69, 9.17) is 4.74 Å². The van der Waals surface area contributed by atoms with E-state index in [0.29, 0.717) is 6.61 Å². The van der Waals surface area contributed by atoms with Crippen molar-refractivity contribution in [3.05, 3.63) is 0 Å². The number of hydrogen-bond donors (Lipinski definition) is 1. The zero-order chi connectivity index (χ0) is 10.8. The maximum Gasteiger partial charge on any atom is 0.245 e. The summed E-state index contributed by atoms with van der Waals surface area (Å²) >= 11 is 0. The molecule has 0 unspecified atom stereocenters. The number of hydrogen-bond acceptors (Lipinski definition) is 2. The van der Waals surface area contributed by atoms with Gasteiger partial charge in [-0.3, -0.25) is 4.79 Å². The van der Waals surface area contributed by atoms with Gasteiger partial charge in [-0.1, -0.05) is 26.7 Å². The van der Waals surface area contributed by atoms with Crippen molar-refractivity contribution in [1.29, 1.82) is 0 Å². The van der Waals surface area contributed by atoms with Gasteiger partial charge in [-0.05, 0) is 19.3 Å². The first kappa shape index (κ1) is 13.4. The molecule has 0 rings (SSSR count). The maximum atomic E-state index is 11.1. The number of nitrogens with one attached hydrogen (secondary N) is 1. The number of unbranched alkanes of at least 4 members (excludes halogenated alkanes) is 1.